The lowest BCUT2D eigenvalue weighted by atomic mass is 10.1. The fourth-order valence-electron chi connectivity index (χ4n) is 1.85. The van der Waals surface area contributed by atoms with Crippen LogP contribution in [0.15, 0.2) is 30.5 Å². The van der Waals surface area contributed by atoms with E-state index in [1.807, 2.05) is 6.92 Å². The molecule has 1 aromatic heterocycles. The lowest BCUT2D eigenvalue weighted by molar-refractivity contribution is -0.138. The number of benzene rings is 1. The maximum absolute atomic E-state index is 12.8. The minimum absolute atomic E-state index is 0.147. The zero-order valence-corrected chi connectivity index (χ0v) is 10.5. The van der Waals surface area contributed by atoms with Crippen LogP contribution in [0.5, 0.6) is 0 Å². The number of alkyl halides is 3. The van der Waals surface area contributed by atoms with Crippen molar-refractivity contribution in [1.82, 2.24) is 10.2 Å². The minimum atomic E-state index is -4.33. The first-order valence-electron chi connectivity index (χ1n) is 5.81. The number of anilines is 1. The second kappa shape index (κ2) is 4.95. The molecule has 19 heavy (non-hydrogen) atoms. The van der Waals surface area contributed by atoms with Gasteiger partial charge in [-0.1, -0.05) is 6.07 Å². The molecule has 0 aliphatic rings. The molecular weight excluding hydrogens is 255 g/mol. The zero-order chi connectivity index (χ0) is 14.0. The highest BCUT2D eigenvalue weighted by Gasteiger charge is 2.32. The fourth-order valence-corrected chi connectivity index (χ4v) is 1.85. The molecule has 1 atom stereocenters. The Bertz CT molecular complexity index is 547. The van der Waals surface area contributed by atoms with Crippen molar-refractivity contribution in [2.45, 2.75) is 26.1 Å². The molecular formula is C13H14F3N3. The highest BCUT2D eigenvalue weighted by molar-refractivity contribution is 5.50. The normalized spacial score (nSPS) is 13.3. The van der Waals surface area contributed by atoms with E-state index in [2.05, 4.69) is 15.5 Å². The molecule has 0 amide bonds. The van der Waals surface area contributed by atoms with Gasteiger partial charge in [0.25, 0.3) is 0 Å². The van der Waals surface area contributed by atoms with Gasteiger partial charge in [-0.15, -0.1) is 0 Å². The summed E-state index contributed by atoms with van der Waals surface area (Å²) < 4.78 is 38.4. The molecule has 2 rings (SSSR count). The molecule has 1 unspecified atom stereocenters. The van der Waals surface area contributed by atoms with E-state index in [4.69, 9.17) is 0 Å². The summed E-state index contributed by atoms with van der Waals surface area (Å²) in [6.45, 7) is 3.30. The SMILES string of the molecule is Cc1ccc(NC(C)c2ccn[nH]2)cc1C(F)(F)F. The smallest absolute Gasteiger partial charge is 0.377 e. The Balaban J connectivity index is 2.22. The summed E-state index contributed by atoms with van der Waals surface area (Å²) in [7, 11) is 0. The Morgan fingerprint density at radius 2 is 2.00 bits per heavy atom. The third-order valence-electron chi connectivity index (χ3n) is 2.91. The van der Waals surface area contributed by atoms with E-state index in [1.165, 1.54) is 13.0 Å². The third-order valence-corrected chi connectivity index (χ3v) is 2.91. The van der Waals surface area contributed by atoms with Crippen molar-refractivity contribution in [2.24, 2.45) is 0 Å². The number of hydrogen-bond donors (Lipinski definition) is 2. The molecule has 0 bridgehead atoms. The van der Waals surface area contributed by atoms with Gasteiger partial charge in [-0.3, -0.25) is 5.10 Å². The topological polar surface area (TPSA) is 40.7 Å². The van der Waals surface area contributed by atoms with Crippen LogP contribution in [0.2, 0.25) is 0 Å². The average Bonchev–Trinajstić information content (AvgIpc) is 2.83. The molecule has 0 radical (unpaired) electrons. The first kappa shape index (κ1) is 13.5. The number of aromatic nitrogens is 2. The quantitative estimate of drug-likeness (QED) is 0.887. The summed E-state index contributed by atoms with van der Waals surface area (Å²) in [5, 5.41) is 9.60. The molecule has 0 fully saturated rings. The molecule has 1 heterocycles. The second-order valence-electron chi connectivity index (χ2n) is 4.41. The average molecular weight is 269 g/mol. The van der Waals surface area contributed by atoms with Crippen LogP contribution in [-0.2, 0) is 6.18 Å². The highest BCUT2D eigenvalue weighted by Crippen LogP contribution is 2.34. The molecule has 3 nitrogen and oxygen atoms in total. The van der Waals surface area contributed by atoms with Gasteiger partial charge in [0.05, 0.1) is 17.3 Å². The van der Waals surface area contributed by atoms with E-state index in [9.17, 15) is 13.2 Å². The Hall–Kier alpha value is -1.98. The second-order valence-corrected chi connectivity index (χ2v) is 4.41. The van der Waals surface area contributed by atoms with Gasteiger partial charge < -0.3 is 5.32 Å². The first-order valence-corrected chi connectivity index (χ1v) is 5.81. The van der Waals surface area contributed by atoms with Crippen molar-refractivity contribution < 1.29 is 13.2 Å². The van der Waals surface area contributed by atoms with Gasteiger partial charge in [0.15, 0.2) is 0 Å². The minimum Gasteiger partial charge on any atom is -0.377 e. The largest absolute Gasteiger partial charge is 0.416 e. The molecule has 2 aromatic rings. The number of halogens is 3. The van der Waals surface area contributed by atoms with E-state index in [1.54, 1.807) is 18.3 Å². The van der Waals surface area contributed by atoms with Crippen LogP contribution in [0.25, 0.3) is 0 Å². The maximum Gasteiger partial charge on any atom is 0.416 e. The van der Waals surface area contributed by atoms with Crippen LogP contribution in [-0.4, -0.2) is 10.2 Å². The Morgan fingerprint density at radius 3 is 2.58 bits per heavy atom. The van der Waals surface area contributed by atoms with Crippen molar-refractivity contribution in [3.8, 4) is 0 Å². The van der Waals surface area contributed by atoms with Crippen LogP contribution in [0.4, 0.5) is 18.9 Å². The van der Waals surface area contributed by atoms with Crippen molar-refractivity contribution in [2.75, 3.05) is 5.32 Å². The summed E-state index contributed by atoms with van der Waals surface area (Å²) >= 11 is 0. The fraction of sp³-hybridized carbons (Fsp3) is 0.308. The van der Waals surface area contributed by atoms with Crippen molar-refractivity contribution in [3.05, 3.63) is 47.3 Å². The van der Waals surface area contributed by atoms with Crippen molar-refractivity contribution in [1.29, 1.82) is 0 Å². The summed E-state index contributed by atoms with van der Waals surface area (Å²) in [5.74, 6) is 0. The van der Waals surface area contributed by atoms with E-state index in [-0.39, 0.29) is 11.6 Å². The molecule has 0 saturated heterocycles. The van der Waals surface area contributed by atoms with Gasteiger partial charge in [0, 0.05) is 11.9 Å². The van der Waals surface area contributed by atoms with E-state index in [0.717, 1.165) is 11.8 Å². The summed E-state index contributed by atoms with van der Waals surface area (Å²) in [4.78, 5) is 0. The molecule has 6 heteroatoms. The van der Waals surface area contributed by atoms with Crippen LogP contribution in [0, 0.1) is 6.92 Å². The first-order chi connectivity index (χ1) is 8.88. The lowest BCUT2D eigenvalue weighted by Gasteiger charge is -2.16. The molecule has 1 aromatic carbocycles. The monoisotopic (exact) mass is 269 g/mol. The number of H-pyrrole nitrogens is 1. The summed E-state index contributed by atoms with van der Waals surface area (Å²) in [5.41, 5.74) is 0.843. The Labute approximate surface area is 108 Å². The Morgan fingerprint density at radius 1 is 1.26 bits per heavy atom. The van der Waals surface area contributed by atoms with Crippen molar-refractivity contribution in [3.63, 3.8) is 0 Å². The molecule has 0 saturated carbocycles. The predicted octanol–water partition coefficient (Wildman–Crippen LogP) is 3.91. The van der Waals surface area contributed by atoms with Gasteiger partial charge in [0.2, 0.25) is 0 Å². The van der Waals surface area contributed by atoms with Crippen LogP contribution in [0.3, 0.4) is 0 Å². The molecule has 102 valence electrons. The van der Waals surface area contributed by atoms with E-state index < -0.39 is 11.7 Å². The van der Waals surface area contributed by atoms with Gasteiger partial charge >= 0.3 is 6.18 Å². The maximum atomic E-state index is 12.8. The number of aromatic amines is 1. The number of nitrogens with one attached hydrogen (secondary N) is 2. The molecule has 0 aliphatic heterocycles. The van der Waals surface area contributed by atoms with E-state index in [0.29, 0.717) is 5.69 Å². The van der Waals surface area contributed by atoms with Gasteiger partial charge in [-0.2, -0.15) is 18.3 Å². The third kappa shape index (κ3) is 3.07. The predicted molar refractivity (Wildman–Crippen MR) is 66.8 cm³/mol. The zero-order valence-electron chi connectivity index (χ0n) is 10.5. The summed E-state index contributed by atoms with van der Waals surface area (Å²) in [6.07, 6.45) is -2.73. The van der Waals surface area contributed by atoms with Gasteiger partial charge in [-0.25, -0.2) is 0 Å². The Kier molecular flexibility index (Phi) is 3.50. The lowest BCUT2D eigenvalue weighted by Crippen LogP contribution is -2.11. The number of hydrogen-bond acceptors (Lipinski definition) is 2. The van der Waals surface area contributed by atoms with Gasteiger partial charge in [-0.05, 0) is 37.6 Å². The summed E-state index contributed by atoms with van der Waals surface area (Å²) in [6, 6.07) is 5.85. The van der Waals surface area contributed by atoms with Crippen LogP contribution in [0.1, 0.15) is 29.8 Å². The van der Waals surface area contributed by atoms with Crippen LogP contribution < -0.4 is 5.32 Å². The van der Waals surface area contributed by atoms with Crippen LogP contribution >= 0.6 is 0 Å². The number of aryl methyl sites for hydroxylation is 1. The number of nitrogens with zero attached hydrogens (tertiary/aromatic N) is 1. The molecule has 2 N–H and O–H groups in total. The molecule has 0 spiro atoms. The molecule has 0 aliphatic carbocycles. The van der Waals surface area contributed by atoms with E-state index >= 15 is 0 Å². The number of rotatable bonds is 3. The van der Waals surface area contributed by atoms with Gasteiger partial charge in [0.1, 0.15) is 0 Å². The standard InChI is InChI=1S/C13H14F3N3/c1-8-3-4-10(7-11(8)13(14,15)16)18-9(2)12-5-6-17-19-12/h3-7,9,18H,1-2H3,(H,17,19). The van der Waals surface area contributed by atoms with Crippen molar-refractivity contribution >= 4 is 5.69 Å². The highest BCUT2D eigenvalue weighted by atomic mass is 19.4.